The molecule has 4 unspecified atom stereocenters. The van der Waals surface area contributed by atoms with E-state index in [1.165, 1.54) is 154 Å². The second-order valence-corrected chi connectivity index (χ2v) is 24.1. The van der Waals surface area contributed by atoms with Crippen molar-refractivity contribution in [1.82, 2.24) is 9.80 Å². The van der Waals surface area contributed by atoms with Gasteiger partial charge in [0.1, 0.15) is 0 Å². The van der Waals surface area contributed by atoms with Crippen LogP contribution in [0.25, 0.3) is 0 Å². The summed E-state index contributed by atoms with van der Waals surface area (Å²) in [6, 6.07) is 24.6. The van der Waals surface area contributed by atoms with Crippen LogP contribution in [0.1, 0.15) is 168 Å². The molecule has 8 rings (SSSR count). The second kappa shape index (κ2) is 40.6. The Morgan fingerprint density at radius 2 is 0.619 bits per heavy atom. The number of hydrogen-bond acceptors (Lipinski definition) is 2. The van der Waals surface area contributed by atoms with Crippen LogP contribution in [-0.2, 0) is 51.2 Å². The Bertz CT molecular complexity index is 1140. The van der Waals surface area contributed by atoms with Crippen molar-refractivity contribution in [3.05, 3.63) is 105 Å². The van der Waals surface area contributed by atoms with Gasteiger partial charge in [-0.05, 0) is 138 Å². The Morgan fingerprint density at radius 3 is 0.857 bits per heavy atom. The molecule has 8 atom stereocenters. The maximum atomic E-state index is 2.45. The van der Waals surface area contributed by atoms with Crippen molar-refractivity contribution in [3.8, 4) is 0 Å². The molecule has 0 radical (unpaired) electrons. The Morgan fingerprint density at radius 1 is 0.365 bits per heavy atom. The molecule has 63 heavy (non-hydrogen) atoms. The summed E-state index contributed by atoms with van der Waals surface area (Å²) in [5.74, 6) is 1.81. The summed E-state index contributed by atoms with van der Waals surface area (Å²) in [5, 5.41) is 3.37. The summed E-state index contributed by atoms with van der Waals surface area (Å²) >= 11 is 0. The van der Waals surface area contributed by atoms with Crippen LogP contribution in [0.2, 0.25) is 0 Å². The summed E-state index contributed by atoms with van der Waals surface area (Å²) in [5.41, 5.74) is 3.91. The summed E-state index contributed by atoms with van der Waals surface area (Å²) in [6.07, 6.45) is 35.6. The quantitative estimate of drug-likeness (QED) is 0.133. The van der Waals surface area contributed by atoms with Crippen LogP contribution in [0.15, 0.2) is 60.7 Å². The first-order chi connectivity index (χ1) is 26.4. The zero-order valence-electron chi connectivity index (χ0n) is 43.2. The maximum Gasteiger partial charge on any atom is 2.00 e. The molecular formula is C56H102Fe3N2P2. The third-order valence-corrected chi connectivity index (χ3v) is 21.8. The molecule has 7 heteroatoms. The summed E-state index contributed by atoms with van der Waals surface area (Å²) in [6.45, 7) is 4.91. The van der Waals surface area contributed by atoms with Crippen LogP contribution in [-0.4, -0.2) is 72.7 Å². The zero-order valence-corrected chi connectivity index (χ0v) is 48.3. The van der Waals surface area contributed by atoms with Gasteiger partial charge in [0.25, 0.3) is 0 Å². The van der Waals surface area contributed by atoms with Gasteiger partial charge in [-0.15, -0.1) is 0 Å². The number of benzene rings is 2. The molecule has 0 saturated heterocycles. The third-order valence-electron chi connectivity index (χ3n) is 14.7. The molecule has 370 valence electrons. The van der Waals surface area contributed by atoms with Crippen LogP contribution in [0.3, 0.4) is 0 Å². The predicted molar refractivity (Wildman–Crippen MR) is 284 cm³/mol. The van der Waals surface area contributed by atoms with Crippen molar-refractivity contribution >= 4 is 26.5 Å². The summed E-state index contributed by atoms with van der Waals surface area (Å²) in [4.78, 5) is 4.91. The second-order valence-electron chi connectivity index (χ2n) is 18.6. The van der Waals surface area contributed by atoms with Gasteiger partial charge in [0.15, 0.2) is 0 Å². The predicted octanol–water partition coefficient (Wildman–Crippen LogP) is 16.3. The smallest absolute Gasteiger partial charge is 0.358 e. The number of nitrogens with zero attached hydrogens (tertiary/aromatic N) is 2. The van der Waals surface area contributed by atoms with E-state index in [0.29, 0.717) is 0 Å². The Balaban J connectivity index is -0.000000260. The minimum Gasteiger partial charge on any atom is -0.358 e. The fourth-order valence-corrected chi connectivity index (χ4v) is 19.3. The Kier molecular flexibility index (Phi) is 46.9. The van der Waals surface area contributed by atoms with E-state index in [0.717, 1.165) is 46.6 Å². The van der Waals surface area contributed by atoms with E-state index in [2.05, 4.69) is 113 Å². The molecule has 2 aromatic carbocycles. The topological polar surface area (TPSA) is 6.48 Å². The first-order valence-corrected chi connectivity index (χ1v) is 26.3. The molecule has 2 aromatic rings. The van der Waals surface area contributed by atoms with Gasteiger partial charge in [-0.3, -0.25) is 0 Å². The third kappa shape index (κ3) is 22.8. The Hall–Kier alpha value is 0.778. The molecule has 0 N–H and O–H groups in total. The molecule has 6 aliphatic rings. The van der Waals surface area contributed by atoms with E-state index < -0.39 is 0 Å². The first kappa shape index (κ1) is 72.8. The molecule has 0 heterocycles. The number of rotatable bonds is 10. The van der Waals surface area contributed by atoms with Crippen molar-refractivity contribution in [3.63, 3.8) is 0 Å². The maximum absolute atomic E-state index is 2.45. The van der Waals surface area contributed by atoms with Gasteiger partial charge in [-0.25, -0.2) is 0 Å². The van der Waals surface area contributed by atoms with Crippen LogP contribution in [0, 0.1) is 56.4 Å². The fourth-order valence-electron chi connectivity index (χ4n) is 11.2. The molecule has 0 bridgehead atoms. The van der Waals surface area contributed by atoms with Gasteiger partial charge < -0.3 is 54.4 Å². The van der Waals surface area contributed by atoms with Gasteiger partial charge >= 0.3 is 51.2 Å². The average molecular weight is 1030 g/mol. The molecule has 0 aliphatic heterocycles. The molecule has 2 nitrogen and oxygen atoms in total. The largest absolute Gasteiger partial charge is 2.00 e. The van der Waals surface area contributed by atoms with Gasteiger partial charge in [0.05, 0.1) is 0 Å². The minimum atomic E-state index is 0. The zero-order chi connectivity index (χ0) is 38.1. The van der Waals surface area contributed by atoms with E-state index in [9.17, 15) is 0 Å². The normalized spacial score (nSPS) is 24.1. The summed E-state index contributed by atoms with van der Waals surface area (Å²) < 4.78 is 0. The van der Waals surface area contributed by atoms with Crippen LogP contribution in [0.4, 0.5) is 0 Å². The first-order valence-electron chi connectivity index (χ1n) is 23.4. The molecule has 6 aliphatic carbocycles. The van der Waals surface area contributed by atoms with Crippen molar-refractivity contribution in [2.75, 3.05) is 28.2 Å². The van der Waals surface area contributed by atoms with Gasteiger partial charge in [-0.1, -0.05) is 179 Å². The SMILES string of the molecule is C1CCCC1.C1CCCC1.C[C@H](C1CCCC1[P@@](c1ccccc1)C1CCCC1)N(C)C.C[C@H](C1CCCC1[P@](c1ccccc1)C1CCCC1)N(C)C.[CH3-].[CH3-].[CH3-].[CH3-].[CH3-].[CH3-].[Fe+2].[Fe+2].[Fe+2]. The average Bonchev–Trinajstić information content (AvgIpc) is 4.05. The van der Waals surface area contributed by atoms with Gasteiger partial charge in [0, 0.05) is 12.1 Å². The Labute approximate surface area is 432 Å². The van der Waals surface area contributed by atoms with Gasteiger partial charge in [-0.2, -0.15) is 0 Å². The molecule has 0 spiro atoms. The van der Waals surface area contributed by atoms with Crippen LogP contribution >= 0.6 is 15.8 Å². The van der Waals surface area contributed by atoms with E-state index >= 15 is 0 Å². The van der Waals surface area contributed by atoms with E-state index in [1.807, 2.05) is 0 Å². The van der Waals surface area contributed by atoms with Gasteiger partial charge in [0.2, 0.25) is 0 Å². The van der Waals surface area contributed by atoms with E-state index in [4.69, 9.17) is 0 Å². The van der Waals surface area contributed by atoms with Crippen molar-refractivity contribution in [2.45, 2.75) is 203 Å². The molecule has 0 aromatic heterocycles. The molecule has 6 saturated carbocycles. The minimum absolute atomic E-state index is 0. The van der Waals surface area contributed by atoms with Crippen LogP contribution < -0.4 is 10.6 Å². The number of hydrogen-bond donors (Lipinski definition) is 0. The van der Waals surface area contributed by atoms with Crippen LogP contribution in [0.5, 0.6) is 0 Å². The van der Waals surface area contributed by atoms with Crippen molar-refractivity contribution in [1.29, 1.82) is 0 Å². The monoisotopic (exact) mass is 1030 g/mol. The van der Waals surface area contributed by atoms with Crippen molar-refractivity contribution in [2.24, 2.45) is 11.8 Å². The van der Waals surface area contributed by atoms with E-state index in [-0.39, 0.29) is 112 Å². The van der Waals surface area contributed by atoms with Crippen molar-refractivity contribution < 1.29 is 51.2 Å². The summed E-state index contributed by atoms with van der Waals surface area (Å²) in [7, 11) is 9.09. The molecule has 0 amide bonds. The van der Waals surface area contributed by atoms with E-state index in [1.54, 1.807) is 10.6 Å². The fraction of sp³-hybridized carbons (Fsp3) is 0.679. The standard InChI is InChI=1S/2C20H32NP.2C5H10.6CH3.3Fe/c2*1-16(21(2)3)19-14-9-15-20(19)22(18-12-7-8-13-18)17-10-5-4-6-11-17;2*1-2-4-5-3-1;;;;;;;;;/h2*4-6,10-11,16,18-20H,7-9,12-15H2,1-3H3;2*1-5H2;6*1H3;;;/q;;;;6*-1;3*+2/t16-,19?,20?,22+;16-,19?,20?,22-;;;;;;;;;;;/m11.........../s1. The molecule has 6 fully saturated rings. The molecular weight excluding hydrogens is 930 g/mol.